The molecule has 0 aromatic heterocycles. The lowest BCUT2D eigenvalue weighted by atomic mass is 10.2. The van der Waals surface area contributed by atoms with Gasteiger partial charge in [0.1, 0.15) is 12.6 Å². The van der Waals surface area contributed by atoms with Gasteiger partial charge in [-0.2, -0.15) is 5.26 Å². The highest BCUT2D eigenvalue weighted by Crippen LogP contribution is 2.19. The predicted octanol–water partition coefficient (Wildman–Crippen LogP) is 0.789. The summed E-state index contributed by atoms with van der Waals surface area (Å²) in [7, 11) is 0. The summed E-state index contributed by atoms with van der Waals surface area (Å²) in [6.07, 6.45) is 1.50. The van der Waals surface area contributed by atoms with E-state index < -0.39 is 4.92 Å². The standard InChI is InChI=1S/C13H15N5O3/c14-8-12-2-1-7-16(12)13(19)9-17(15)10-3-5-11(6-4-10)18(20)21/h3-6,12H,1-2,7,9,15H2. The van der Waals surface area contributed by atoms with E-state index in [-0.39, 0.29) is 24.2 Å². The number of nitrogens with zero attached hydrogens (tertiary/aromatic N) is 4. The third-order valence-corrected chi connectivity index (χ3v) is 3.42. The second-order valence-corrected chi connectivity index (χ2v) is 4.78. The molecule has 2 rings (SSSR count). The summed E-state index contributed by atoms with van der Waals surface area (Å²) < 4.78 is 0. The highest BCUT2D eigenvalue weighted by molar-refractivity contribution is 5.82. The SMILES string of the molecule is N#CC1CCCN1C(=O)CN(N)c1ccc([N+](=O)[O-])cc1. The van der Waals surface area contributed by atoms with E-state index in [9.17, 15) is 14.9 Å². The maximum Gasteiger partial charge on any atom is 0.269 e. The quantitative estimate of drug-likeness (QED) is 0.497. The number of likely N-dealkylation sites (tertiary alicyclic amines) is 1. The average Bonchev–Trinajstić information content (AvgIpc) is 2.95. The Bertz CT molecular complexity index is 580. The summed E-state index contributed by atoms with van der Waals surface area (Å²) in [6, 6.07) is 7.33. The van der Waals surface area contributed by atoms with Crippen LogP contribution in [-0.2, 0) is 4.79 Å². The van der Waals surface area contributed by atoms with Gasteiger partial charge in [0.2, 0.25) is 5.91 Å². The molecule has 110 valence electrons. The van der Waals surface area contributed by atoms with Crippen LogP contribution < -0.4 is 10.9 Å². The fourth-order valence-electron chi connectivity index (χ4n) is 2.29. The Morgan fingerprint density at radius 1 is 1.52 bits per heavy atom. The van der Waals surface area contributed by atoms with Gasteiger partial charge in [-0.1, -0.05) is 0 Å². The zero-order chi connectivity index (χ0) is 15.4. The average molecular weight is 289 g/mol. The molecule has 0 spiro atoms. The highest BCUT2D eigenvalue weighted by Gasteiger charge is 2.29. The van der Waals surface area contributed by atoms with Crippen molar-refractivity contribution >= 4 is 17.3 Å². The molecule has 8 heteroatoms. The first-order valence-corrected chi connectivity index (χ1v) is 6.48. The van der Waals surface area contributed by atoms with Crippen LogP contribution in [0, 0.1) is 21.4 Å². The van der Waals surface area contributed by atoms with Crippen molar-refractivity contribution in [2.24, 2.45) is 5.84 Å². The Morgan fingerprint density at radius 3 is 2.76 bits per heavy atom. The fourth-order valence-corrected chi connectivity index (χ4v) is 2.29. The van der Waals surface area contributed by atoms with E-state index in [1.165, 1.54) is 34.2 Å². The fraction of sp³-hybridized carbons (Fsp3) is 0.385. The predicted molar refractivity (Wildman–Crippen MR) is 75.0 cm³/mol. The van der Waals surface area contributed by atoms with Gasteiger partial charge in [0.05, 0.1) is 16.7 Å². The monoisotopic (exact) mass is 289 g/mol. The summed E-state index contributed by atoms with van der Waals surface area (Å²) in [5.41, 5.74) is 0.462. The van der Waals surface area contributed by atoms with Crippen LogP contribution in [0.4, 0.5) is 11.4 Å². The first-order valence-electron chi connectivity index (χ1n) is 6.48. The van der Waals surface area contributed by atoms with Crippen molar-refractivity contribution in [1.82, 2.24) is 4.90 Å². The molecule has 1 unspecified atom stereocenters. The number of benzene rings is 1. The van der Waals surface area contributed by atoms with Crippen molar-refractivity contribution in [3.63, 3.8) is 0 Å². The number of nitrogens with two attached hydrogens (primary N) is 1. The van der Waals surface area contributed by atoms with Gasteiger partial charge in [-0.3, -0.25) is 14.9 Å². The number of carbonyl (C=O) groups excluding carboxylic acids is 1. The van der Waals surface area contributed by atoms with Crippen molar-refractivity contribution in [2.75, 3.05) is 18.1 Å². The number of rotatable bonds is 4. The van der Waals surface area contributed by atoms with Gasteiger partial charge in [-0.15, -0.1) is 0 Å². The third kappa shape index (κ3) is 3.27. The summed E-state index contributed by atoms with van der Waals surface area (Å²) in [5.74, 6) is 5.59. The Kier molecular flexibility index (Phi) is 4.35. The molecule has 1 amide bonds. The van der Waals surface area contributed by atoms with Gasteiger partial charge < -0.3 is 9.91 Å². The number of amides is 1. The number of non-ortho nitro benzene ring substituents is 1. The lowest BCUT2D eigenvalue weighted by molar-refractivity contribution is -0.384. The number of nitro benzene ring substituents is 1. The number of hydrogen-bond donors (Lipinski definition) is 1. The number of nitro groups is 1. The van der Waals surface area contributed by atoms with Crippen molar-refractivity contribution in [2.45, 2.75) is 18.9 Å². The van der Waals surface area contributed by atoms with Crippen LogP contribution in [0.2, 0.25) is 0 Å². The molecule has 1 fully saturated rings. The van der Waals surface area contributed by atoms with E-state index in [2.05, 4.69) is 6.07 Å². The molecule has 1 atom stereocenters. The van der Waals surface area contributed by atoms with Gasteiger partial charge in [0.15, 0.2) is 0 Å². The molecule has 0 radical (unpaired) electrons. The summed E-state index contributed by atoms with van der Waals surface area (Å²) in [5, 5.41) is 20.8. The first kappa shape index (κ1) is 14.7. The van der Waals surface area contributed by atoms with Crippen molar-refractivity contribution in [3.05, 3.63) is 34.4 Å². The molecule has 0 aliphatic carbocycles. The molecule has 21 heavy (non-hydrogen) atoms. The van der Waals surface area contributed by atoms with Crippen LogP contribution in [0.1, 0.15) is 12.8 Å². The Labute approximate surface area is 121 Å². The van der Waals surface area contributed by atoms with Crippen molar-refractivity contribution in [1.29, 1.82) is 5.26 Å². The lowest BCUT2D eigenvalue weighted by Crippen LogP contribution is -2.45. The molecule has 1 aromatic carbocycles. The molecule has 0 saturated carbocycles. The van der Waals surface area contributed by atoms with E-state index in [0.29, 0.717) is 18.7 Å². The van der Waals surface area contributed by atoms with E-state index >= 15 is 0 Å². The number of anilines is 1. The topological polar surface area (TPSA) is 116 Å². The third-order valence-electron chi connectivity index (χ3n) is 3.42. The molecule has 1 heterocycles. The number of carbonyl (C=O) groups is 1. The highest BCUT2D eigenvalue weighted by atomic mass is 16.6. The number of nitriles is 1. The van der Waals surface area contributed by atoms with Crippen molar-refractivity contribution < 1.29 is 9.72 Å². The summed E-state index contributed by atoms with van der Waals surface area (Å²) >= 11 is 0. The summed E-state index contributed by atoms with van der Waals surface area (Å²) in [6.45, 7) is 0.487. The van der Waals surface area contributed by atoms with Crippen LogP contribution >= 0.6 is 0 Å². The van der Waals surface area contributed by atoms with Gasteiger partial charge in [0.25, 0.3) is 5.69 Å². The summed E-state index contributed by atoms with van der Waals surface area (Å²) in [4.78, 5) is 23.7. The smallest absolute Gasteiger partial charge is 0.269 e. The molecule has 1 aliphatic rings. The van der Waals surface area contributed by atoms with Crippen LogP contribution in [0.15, 0.2) is 24.3 Å². The molecular formula is C13H15N5O3. The zero-order valence-electron chi connectivity index (χ0n) is 11.3. The zero-order valence-corrected chi connectivity index (χ0v) is 11.3. The van der Waals surface area contributed by atoms with Crippen molar-refractivity contribution in [3.8, 4) is 6.07 Å². The van der Waals surface area contributed by atoms with Crippen LogP contribution in [0.3, 0.4) is 0 Å². The van der Waals surface area contributed by atoms with Gasteiger partial charge in [-0.25, -0.2) is 5.84 Å². The van der Waals surface area contributed by atoms with Gasteiger partial charge >= 0.3 is 0 Å². The minimum absolute atomic E-state index is 0.0393. The van der Waals surface area contributed by atoms with E-state index in [1.807, 2.05) is 0 Å². The normalized spacial score (nSPS) is 17.3. The minimum atomic E-state index is -0.502. The first-order chi connectivity index (χ1) is 10.0. The molecule has 1 saturated heterocycles. The molecule has 0 bridgehead atoms. The molecule has 8 nitrogen and oxygen atoms in total. The molecule has 1 aromatic rings. The maximum absolute atomic E-state index is 12.1. The molecule has 2 N–H and O–H groups in total. The number of hydrazine groups is 1. The van der Waals surface area contributed by atoms with E-state index in [0.717, 1.165) is 6.42 Å². The molecular weight excluding hydrogens is 274 g/mol. The molecule has 1 aliphatic heterocycles. The Balaban J connectivity index is 2.00. The van der Waals surface area contributed by atoms with Crippen LogP contribution in [0.5, 0.6) is 0 Å². The maximum atomic E-state index is 12.1. The van der Waals surface area contributed by atoms with E-state index in [4.69, 9.17) is 11.1 Å². The van der Waals surface area contributed by atoms with Crippen LogP contribution in [0.25, 0.3) is 0 Å². The second kappa shape index (κ2) is 6.19. The Morgan fingerprint density at radius 2 is 2.19 bits per heavy atom. The van der Waals surface area contributed by atoms with E-state index in [1.54, 1.807) is 0 Å². The minimum Gasteiger partial charge on any atom is -0.325 e. The Hall–Kier alpha value is -2.66. The number of hydrogen-bond acceptors (Lipinski definition) is 6. The van der Waals surface area contributed by atoms with Gasteiger partial charge in [0, 0.05) is 18.7 Å². The largest absolute Gasteiger partial charge is 0.325 e. The van der Waals surface area contributed by atoms with Gasteiger partial charge in [-0.05, 0) is 25.0 Å². The van der Waals surface area contributed by atoms with Crippen LogP contribution in [-0.4, -0.2) is 34.9 Å². The lowest BCUT2D eigenvalue weighted by Gasteiger charge is -2.24. The second-order valence-electron chi connectivity index (χ2n) is 4.78.